The van der Waals surface area contributed by atoms with Crippen LogP contribution < -0.4 is 5.32 Å². The normalized spacial score (nSPS) is 15.8. The number of hydrogen-bond donors (Lipinski definition) is 2. The Balaban J connectivity index is 1.83. The zero-order chi connectivity index (χ0) is 20.5. The van der Waals surface area contributed by atoms with Crippen LogP contribution in [0.5, 0.6) is 0 Å². The molecule has 1 aliphatic rings. The third-order valence-electron chi connectivity index (χ3n) is 5.31. The van der Waals surface area contributed by atoms with E-state index in [0.717, 1.165) is 33.1 Å². The van der Waals surface area contributed by atoms with Crippen LogP contribution in [-0.2, 0) is 11.2 Å². The van der Waals surface area contributed by atoms with E-state index in [4.69, 9.17) is 4.74 Å². The molecule has 2 N–H and O–H groups in total. The van der Waals surface area contributed by atoms with Gasteiger partial charge in [0.2, 0.25) is 0 Å². The number of aromatic amines is 1. The molecule has 2 heterocycles. The minimum atomic E-state index is -0.335. The van der Waals surface area contributed by atoms with Gasteiger partial charge < -0.3 is 15.0 Å². The summed E-state index contributed by atoms with van der Waals surface area (Å²) >= 11 is 3.55. The molecule has 29 heavy (non-hydrogen) atoms. The molecule has 7 heteroatoms. The number of fused-ring (bicyclic) bond motifs is 3. The lowest BCUT2D eigenvalue weighted by molar-refractivity contribution is 0.0928. The number of rotatable bonds is 3. The van der Waals surface area contributed by atoms with Gasteiger partial charge in [-0.1, -0.05) is 28.1 Å². The van der Waals surface area contributed by atoms with Gasteiger partial charge in [-0.2, -0.15) is 0 Å². The Morgan fingerprint density at radius 3 is 2.69 bits per heavy atom. The molecule has 150 valence electrons. The molecule has 1 aliphatic heterocycles. The van der Waals surface area contributed by atoms with Crippen molar-refractivity contribution >= 4 is 38.8 Å². The maximum absolute atomic E-state index is 12.7. The van der Waals surface area contributed by atoms with Gasteiger partial charge in [-0.25, -0.2) is 4.79 Å². The maximum atomic E-state index is 12.7. The van der Waals surface area contributed by atoms with E-state index in [-0.39, 0.29) is 18.0 Å². The summed E-state index contributed by atoms with van der Waals surface area (Å²) in [7, 11) is 1.61. The standard InChI is InChI=1S/C22H22BrN3O3/c1-3-29-22(28)26-11-10-16-17-12-15(23)8-9-18(17)25-19(16)20(26)13-4-6-14(7-5-13)21(27)24-2/h4-9,12,20,25H,3,10-11H2,1-2H3,(H,24,27). The Labute approximate surface area is 177 Å². The largest absolute Gasteiger partial charge is 0.450 e. The van der Waals surface area contributed by atoms with Crippen molar-refractivity contribution in [3.05, 3.63) is 69.3 Å². The Hall–Kier alpha value is -2.80. The second-order valence-electron chi connectivity index (χ2n) is 6.95. The molecule has 0 bridgehead atoms. The third-order valence-corrected chi connectivity index (χ3v) is 5.80. The van der Waals surface area contributed by atoms with E-state index < -0.39 is 0 Å². The van der Waals surface area contributed by atoms with Gasteiger partial charge in [0.1, 0.15) is 6.04 Å². The highest BCUT2D eigenvalue weighted by Crippen LogP contribution is 2.39. The highest BCUT2D eigenvalue weighted by Gasteiger charge is 2.35. The number of carbonyl (C=O) groups excluding carboxylic acids is 2. The van der Waals surface area contributed by atoms with Gasteiger partial charge in [0.25, 0.3) is 5.91 Å². The van der Waals surface area contributed by atoms with Crippen LogP contribution >= 0.6 is 15.9 Å². The number of ether oxygens (including phenoxy) is 1. The molecule has 0 aliphatic carbocycles. The summed E-state index contributed by atoms with van der Waals surface area (Å²) in [4.78, 5) is 29.9. The molecule has 0 saturated carbocycles. The number of nitrogens with zero attached hydrogens (tertiary/aromatic N) is 1. The maximum Gasteiger partial charge on any atom is 0.410 e. The molecule has 3 aromatic rings. The van der Waals surface area contributed by atoms with Gasteiger partial charge in [0.05, 0.1) is 6.61 Å². The first kappa shape index (κ1) is 19.5. The van der Waals surface area contributed by atoms with Gasteiger partial charge in [-0.15, -0.1) is 0 Å². The van der Waals surface area contributed by atoms with Gasteiger partial charge >= 0.3 is 6.09 Å². The highest BCUT2D eigenvalue weighted by atomic mass is 79.9. The van der Waals surface area contributed by atoms with Crippen molar-refractivity contribution in [2.45, 2.75) is 19.4 Å². The lowest BCUT2D eigenvalue weighted by Gasteiger charge is -2.35. The predicted octanol–water partition coefficient (Wildman–Crippen LogP) is 4.39. The van der Waals surface area contributed by atoms with Crippen LogP contribution in [0.1, 0.15) is 40.1 Å². The van der Waals surface area contributed by atoms with E-state index >= 15 is 0 Å². The van der Waals surface area contributed by atoms with E-state index in [1.54, 1.807) is 31.0 Å². The van der Waals surface area contributed by atoms with Gasteiger partial charge in [0, 0.05) is 40.2 Å². The summed E-state index contributed by atoms with van der Waals surface area (Å²) in [5, 5.41) is 3.79. The molecule has 2 aromatic carbocycles. The molecule has 1 aromatic heterocycles. The second-order valence-corrected chi connectivity index (χ2v) is 7.87. The van der Waals surface area contributed by atoms with Gasteiger partial charge in [-0.3, -0.25) is 9.69 Å². The minimum absolute atomic E-state index is 0.140. The number of hydrogen-bond acceptors (Lipinski definition) is 3. The Morgan fingerprint density at radius 2 is 2.00 bits per heavy atom. The topological polar surface area (TPSA) is 74.4 Å². The number of halogens is 1. The molecule has 0 fully saturated rings. The molecule has 1 unspecified atom stereocenters. The minimum Gasteiger partial charge on any atom is -0.450 e. The van der Waals surface area contributed by atoms with Crippen LogP contribution in [0.2, 0.25) is 0 Å². The summed E-state index contributed by atoms with van der Waals surface area (Å²) in [5.74, 6) is -0.140. The molecular weight excluding hydrogens is 434 g/mol. The van der Waals surface area contributed by atoms with Crippen molar-refractivity contribution in [2.75, 3.05) is 20.2 Å². The Kier molecular flexibility index (Phi) is 5.32. The van der Waals surface area contributed by atoms with E-state index in [0.29, 0.717) is 18.7 Å². The zero-order valence-electron chi connectivity index (χ0n) is 16.3. The van der Waals surface area contributed by atoms with Crippen LogP contribution in [0.25, 0.3) is 10.9 Å². The molecular formula is C22H22BrN3O3. The number of nitrogens with one attached hydrogen (secondary N) is 2. The average Bonchev–Trinajstić information content (AvgIpc) is 3.10. The zero-order valence-corrected chi connectivity index (χ0v) is 17.9. The van der Waals surface area contributed by atoms with E-state index in [1.807, 2.05) is 24.3 Å². The summed E-state index contributed by atoms with van der Waals surface area (Å²) in [6.45, 7) is 2.69. The second kappa shape index (κ2) is 7.91. The fourth-order valence-electron chi connectivity index (χ4n) is 3.97. The smallest absolute Gasteiger partial charge is 0.410 e. The molecule has 1 atom stereocenters. The van der Waals surface area contributed by atoms with Gasteiger partial charge in [0.15, 0.2) is 0 Å². The number of aromatic nitrogens is 1. The molecule has 4 rings (SSSR count). The first-order valence-electron chi connectivity index (χ1n) is 9.59. The first-order chi connectivity index (χ1) is 14.0. The number of H-pyrrole nitrogens is 1. The van der Waals surface area contributed by atoms with Crippen molar-refractivity contribution in [1.29, 1.82) is 0 Å². The van der Waals surface area contributed by atoms with Crippen molar-refractivity contribution in [3.63, 3.8) is 0 Å². The van der Waals surface area contributed by atoms with Crippen molar-refractivity contribution in [3.8, 4) is 0 Å². The van der Waals surface area contributed by atoms with Crippen LogP contribution in [0, 0.1) is 0 Å². The summed E-state index contributed by atoms with van der Waals surface area (Å²) in [6.07, 6.45) is 0.413. The fraction of sp³-hybridized carbons (Fsp3) is 0.273. The monoisotopic (exact) mass is 455 g/mol. The Morgan fingerprint density at radius 1 is 1.24 bits per heavy atom. The van der Waals surface area contributed by atoms with Crippen molar-refractivity contribution in [2.24, 2.45) is 0 Å². The van der Waals surface area contributed by atoms with Crippen LogP contribution in [0.4, 0.5) is 4.79 Å². The highest BCUT2D eigenvalue weighted by molar-refractivity contribution is 9.10. The quantitative estimate of drug-likeness (QED) is 0.614. The number of carbonyl (C=O) groups is 2. The van der Waals surface area contributed by atoms with E-state index in [1.165, 1.54) is 5.56 Å². The van der Waals surface area contributed by atoms with Crippen molar-refractivity contribution in [1.82, 2.24) is 15.2 Å². The van der Waals surface area contributed by atoms with Crippen LogP contribution in [0.15, 0.2) is 46.9 Å². The number of benzene rings is 2. The lowest BCUT2D eigenvalue weighted by Crippen LogP contribution is -2.41. The number of amides is 2. The molecule has 0 radical (unpaired) electrons. The molecule has 0 saturated heterocycles. The first-order valence-corrected chi connectivity index (χ1v) is 10.4. The van der Waals surface area contributed by atoms with Crippen molar-refractivity contribution < 1.29 is 14.3 Å². The summed E-state index contributed by atoms with van der Waals surface area (Å²) in [6, 6.07) is 13.2. The molecule has 2 amide bonds. The predicted molar refractivity (Wildman–Crippen MR) is 115 cm³/mol. The SMILES string of the molecule is CCOC(=O)N1CCc2c([nH]c3ccc(Br)cc23)C1c1ccc(C(=O)NC)cc1. The van der Waals surface area contributed by atoms with E-state index in [9.17, 15) is 9.59 Å². The summed E-state index contributed by atoms with van der Waals surface area (Å²) < 4.78 is 6.34. The average molecular weight is 456 g/mol. The summed E-state index contributed by atoms with van der Waals surface area (Å²) in [5.41, 5.74) is 4.75. The molecule has 0 spiro atoms. The molecule has 6 nitrogen and oxygen atoms in total. The Bertz CT molecular complexity index is 1070. The van der Waals surface area contributed by atoms with Crippen LogP contribution in [-0.4, -0.2) is 42.1 Å². The third kappa shape index (κ3) is 3.51. The van der Waals surface area contributed by atoms with Crippen LogP contribution in [0.3, 0.4) is 0 Å². The van der Waals surface area contributed by atoms with Gasteiger partial charge in [-0.05, 0) is 54.8 Å². The fourth-order valence-corrected chi connectivity index (χ4v) is 4.33. The lowest BCUT2D eigenvalue weighted by atomic mass is 9.92. The van der Waals surface area contributed by atoms with E-state index in [2.05, 4.69) is 32.3 Å².